The van der Waals surface area contributed by atoms with Crippen molar-refractivity contribution < 1.29 is 5.11 Å². The van der Waals surface area contributed by atoms with E-state index in [9.17, 15) is 5.11 Å². The molecule has 0 aromatic carbocycles. The van der Waals surface area contributed by atoms with E-state index in [-0.39, 0.29) is 12.0 Å². The molecule has 0 unspecified atom stereocenters. The molecular weight excluding hydrogens is 164 g/mol. The number of thioether (sulfide) groups is 1. The Balaban J connectivity index is 3.81. The molecule has 0 radical (unpaired) electrons. The molecule has 0 aliphatic rings. The minimum Gasteiger partial charge on any atom is -0.392 e. The summed E-state index contributed by atoms with van der Waals surface area (Å²) in [7, 11) is 0. The topological polar surface area (TPSA) is 20.2 Å². The third-order valence-electron chi connectivity index (χ3n) is 1.57. The highest BCUT2D eigenvalue weighted by atomic mass is 32.2. The predicted molar refractivity (Wildman–Crippen MR) is 51.6 cm³/mol. The standard InChI is InChI=1S/C7H14OS2/c1-4-6(8)5(2)7(9)10-3/h5-6,8H,4H2,1-3H3/t5-,6+/m0/s1. The van der Waals surface area contributed by atoms with Gasteiger partial charge < -0.3 is 5.11 Å². The van der Waals surface area contributed by atoms with Gasteiger partial charge in [0.25, 0.3) is 0 Å². The van der Waals surface area contributed by atoms with E-state index in [1.165, 1.54) is 0 Å². The van der Waals surface area contributed by atoms with Crippen molar-refractivity contribution in [3.8, 4) is 0 Å². The Bertz CT molecular complexity index is 114. The van der Waals surface area contributed by atoms with E-state index in [1.54, 1.807) is 11.8 Å². The van der Waals surface area contributed by atoms with Crippen molar-refractivity contribution in [3.05, 3.63) is 0 Å². The Kier molecular flexibility index (Phi) is 5.31. The van der Waals surface area contributed by atoms with Gasteiger partial charge in [-0.3, -0.25) is 0 Å². The van der Waals surface area contributed by atoms with Crippen LogP contribution in [0.25, 0.3) is 0 Å². The molecule has 10 heavy (non-hydrogen) atoms. The molecule has 3 heteroatoms. The summed E-state index contributed by atoms with van der Waals surface area (Å²) in [6, 6.07) is 0. The molecule has 0 aromatic rings. The Labute approximate surface area is 72.2 Å². The first-order valence-corrected chi connectivity index (χ1v) is 5.02. The number of aliphatic hydroxyl groups excluding tert-OH is 1. The van der Waals surface area contributed by atoms with Gasteiger partial charge in [-0.25, -0.2) is 0 Å². The summed E-state index contributed by atoms with van der Waals surface area (Å²) < 4.78 is 0.898. The smallest absolute Gasteiger partial charge is 0.0616 e. The summed E-state index contributed by atoms with van der Waals surface area (Å²) in [5.41, 5.74) is 0. The molecular formula is C7H14OS2. The van der Waals surface area contributed by atoms with Crippen molar-refractivity contribution in [2.75, 3.05) is 6.26 Å². The lowest BCUT2D eigenvalue weighted by molar-refractivity contribution is 0.143. The van der Waals surface area contributed by atoms with Gasteiger partial charge in [0.1, 0.15) is 0 Å². The normalized spacial score (nSPS) is 16.4. The van der Waals surface area contributed by atoms with Crippen molar-refractivity contribution in [2.45, 2.75) is 26.4 Å². The molecule has 1 N–H and O–H groups in total. The Morgan fingerprint density at radius 2 is 2.20 bits per heavy atom. The lowest BCUT2D eigenvalue weighted by Crippen LogP contribution is -2.21. The van der Waals surface area contributed by atoms with Crippen LogP contribution in [0.3, 0.4) is 0 Å². The van der Waals surface area contributed by atoms with E-state index < -0.39 is 0 Å². The highest BCUT2D eigenvalue weighted by Gasteiger charge is 2.15. The van der Waals surface area contributed by atoms with Crippen LogP contribution in [0.4, 0.5) is 0 Å². The number of hydrogen-bond donors (Lipinski definition) is 1. The van der Waals surface area contributed by atoms with Crippen LogP contribution in [0, 0.1) is 5.92 Å². The molecule has 0 aliphatic carbocycles. The SMILES string of the molecule is CC[C@@H](O)[C@H](C)C(=S)SC. The van der Waals surface area contributed by atoms with E-state index in [2.05, 4.69) is 0 Å². The summed E-state index contributed by atoms with van der Waals surface area (Å²) in [5, 5.41) is 9.33. The van der Waals surface area contributed by atoms with E-state index in [4.69, 9.17) is 12.2 Å². The Morgan fingerprint density at radius 3 is 2.50 bits per heavy atom. The third-order valence-corrected chi connectivity index (χ3v) is 3.21. The molecule has 0 rings (SSSR count). The molecule has 0 amide bonds. The summed E-state index contributed by atoms with van der Waals surface area (Å²) in [4.78, 5) is 0. The molecule has 0 bridgehead atoms. The zero-order valence-electron chi connectivity index (χ0n) is 6.63. The molecule has 1 nitrogen and oxygen atoms in total. The minimum absolute atomic E-state index is 0.148. The van der Waals surface area contributed by atoms with Gasteiger partial charge in [0, 0.05) is 5.92 Å². The summed E-state index contributed by atoms with van der Waals surface area (Å²) in [6.45, 7) is 3.93. The van der Waals surface area contributed by atoms with Gasteiger partial charge in [-0.2, -0.15) is 0 Å². The van der Waals surface area contributed by atoms with Gasteiger partial charge >= 0.3 is 0 Å². The maximum absolute atomic E-state index is 9.33. The molecule has 0 aromatic heterocycles. The molecule has 60 valence electrons. The first-order valence-electron chi connectivity index (χ1n) is 3.39. The summed E-state index contributed by atoms with van der Waals surface area (Å²) >= 11 is 6.57. The minimum atomic E-state index is -0.264. The molecule has 0 saturated carbocycles. The highest BCUT2D eigenvalue weighted by Crippen LogP contribution is 2.15. The molecule has 0 spiro atoms. The van der Waals surface area contributed by atoms with Crippen LogP contribution >= 0.6 is 24.0 Å². The van der Waals surface area contributed by atoms with Crippen molar-refractivity contribution in [2.24, 2.45) is 5.92 Å². The number of hydrogen-bond acceptors (Lipinski definition) is 3. The fourth-order valence-electron chi connectivity index (χ4n) is 0.697. The van der Waals surface area contributed by atoms with Crippen LogP contribution in [-0.4, -0.2) is 21.7 Å². The zero-order chi connectivity index (χ0) is 8.15. The molecule has 2 atom stereocenters. The maximum Gasteiger partial charge on any atom is 0.0616 e. The lowest BCUT2D eigenvalue weighted by atomic mass is 10.1. The second kappa shape index (κ2) is 5.10. The number of rotatable bonds is 3. The van der Waals surface area contributed by atoms with Gasteiger partial charge in [-0.1, -0.05) is 26.1 Å². The van der Waals surface area contributed by atoms with E-state index in [1.807, 2.05) is 20.1 Å². The molecule has 0 heterocycles. The molecule has 0 fully saturated rings. The third kappa shape index (κ3) is 2.99. The quantitative estimate of drug-likeness (QED) is 0.668. The second-order valence-electron chi connectivity index (χ2n) is 2.29. The van der Waals surface area contributed by atoms with Crippen molar-refractivity contribution in [1.82, 2.24) is 0 Å². The average Bonchev–Trinajstić information content (AvgIpc) is 2.00. The van der Waals surface area contributed by atoms with Gasteiger partial charge in [-0.05, 0) is 12.7 Å². The van der Waals surface area contributed by atoms with Crippen LogP contribution in [-0.2, 0) is 0 Å². The fraction of sp³-hybridized carbons (Fsp3) is 0.857. The van der Waals surface area contributed by atoms with Crippen LogP contribution in [0.15, 0.2) is 0 Å². The molecule has 0 aliphatic heterocycles. The predicted octanol–water partition coefficient (Wildman–Crippen LogP) is 2.08. The fourth-order valence-corrected chi connectivity index (χ4v) is 1.38. The van der Waals surface area contributed by atoms with Gasteiger partial charge in [0.2, 0.25) is 0 Å². The van der Waals surface area contributed by atoms with Crippen molar-refractivity contribution in [3.63, 3.8) is 0 Å². The van der Waals surface area contributed by atoms with Crippen LogP contribution in [0.1, 0.15) is 20.3 Å². The van der Waals surface area contributed by atoms with Gasteiger partial charge in [-0.15, -0.1) is 11.8 Å². The number of thiocarbonyl (C=S) groups is 1. The van der Waals surface area contributed by atoms with Gasteiger partial charge in [0.05, 0.1) is 10.3 Å². The Hall–Kier alpha value is 0.400. The van der Waals surface area contributed by atoms with Crippen molar-refractivity contribution >= 4 is 28.2 Å². The lowest BCUT2D eigenvalue weighted by Gasteiger charge is -2.16. The average molecular weight is 178 g/mol. The van der Waals surface area contributed by atoms with Crippen LogP contribution in [0.2, 0.25) is 0 Å². The van der Waals surface area contributed by atoms with E-state index in [0.717, 1.165) is 10.6 Å². The maximum atomic E-state index is 9.33. The number of aliphatic hydroxyl groups is 1. The largest absolute Gasteiger partial charge is 0.392 e. The monoisotopic (exact) mass is 178 g/mol. The van der Waals surface area contributed by atoms with Crippen LogP contribution in [0.5, 0.6) is 0 Å². The van der Waals surface area contributed by atoms with E-state index in [0.29, 0.717) is 0 Å². The Morgan fingerprint density at radius 1 is 1.70 bits per heavy atom. The van der Waals surface area contributed by atoms with E-state index >= 15 is 0 Å². The van der Waals surface area contributed by atoms with Crippen molar-refractivity contribution in [1.29, 1.82) is 0 Å². The summed E-state index contributed by atoms with van der Waals surface area (Å²) in [6.07, 6.45) is 2.46. The first-order chi connectivity index (χ1) is 4.63. The molecule has 0 saturated heterocycles. The summed E-state index contributed by atoms with van der Waals surface area (Å²) in [5.74, 6) is 0.148. The zero-order valence-corrected chi connectivity index (χ0v) is 8.26. The van der Waals surface area contributed by atoms with Gasteiger partial charge in [0.15, 0.2) is 0 Å². The first kappa shape index (κ1) is 10.4. The second-order valence-corrected chi connectivity index (χ2v) is 3.83. The van der Waals surface area contributed by atoms with Crippen LogP contribution < -0.4 is 0 Å². The highest BCUT2D eigenvalue weighted by molar-refractivity contribution is 8.22.